The summed E-state index contributed by atoms with van der Waals surface area (Å²) in [5, 5.41) is 9.57. The van der Waals surface area contributed by atoms with Gasteiger partial charge in [-0.2, -0.15) is 0 Å². The van der Waals surface area contributed by atoms with Crippen LogP contribution in [0.3, 0.4) is 0 Å². The van der Waals surface area contributed by atoms with Crippen molar-refractivity contribution in [3.8, 4) is 44.5 Å². The molecule has 0 saturated carbocycles. The topological polar surface area (TPSA) is 26.3 Å². The van der Waals surface area contributed by atoms with E-state index in [9.17, 15) is 0 Å². The Morgan fingerprint density at radius 2 is 0.500 bits per heavy atom. The Hall–Kier alpha value is -6.90. The molecular weight excluding hydrogens is 633 g/mol. The summed E-state index contributed by atoms with van der Waals surface area (Å²) < 4.78 is 12.2. The number of benzene rings is 9. The first kappa shape index (κ1) is 28.9. The van der Waals surface area contributed by atoms with Crippen LogP contribution >= 0.6 is 0 Å². The number of hydrogen-bond acceptors (Lipinski definition) is 2. The Bertz CT molecular complexity index is 2890. The van der Waals surface area contributed by atoms with Crippen molar-refractivity contribution < 1.29 is 8.83 Å². The highest BCUT2D eigenvalue weighted by Gasteiger charge is 2.17. The Labute approximate surface area is 299 Å². The molecule has 0 atom stereocenters. The molecule has 0 saturated heterocycles. The fourth-order valence-electron chi connectivity index (χ4n) is 8.22. The van der Waals surface area contributed by atoms with Crippen LogP contribution in [0.1, 0.15) is 0 Å². The van der Waals surface area contributed by atoms with Crippen LogP contribution in [0.2, 0.25) is 0 Å². The van der Waals surface area contributed by atoms with Crippen molar-refractivity contribution in [1.82, 2.24) is 0 Å². The molecule has 0 radical (unpaired) electrons. The highest BCUT2D eigenvalue weighted by atomic mass is 16.3. The fourth-order valence-corrected chi connectivity index (χ4v) is 8.22. The van der Waals surface area contributed by atoms with Gasteiger partial charge in [0.15, 0.2) is 0 Å². The smallest absolute Gasteiger partial charge is 0.135 e. The first-order valence-corrected chi connectivity index (χ1v) is 17.7. The summed E-state index contributed by atoms with van der Waals surface area (Å²) in [6.07, 6.45) is 0. The van der Waals surface area contributed by atoms with Gasteiger partial charge in [0.05, 0.1) is 0 Å². The highest BCUT2D eigenvalue weighted by Crippen LogP contribution is 2.44. The van der Waals surface area contributed by atoms with Crippen molar-refractivity contribution in [1.29, 1.82) is 0 Å². The van der Waals surface area contributed by atoms with Crippen LogP contribution in [-0.4, -0.2) is 0 Å². The van der Waals surface area contributed by atoms with Gasteiger partial charge in [-0.15, -0.1) is 0 Å². The average molecular weight is 663 g/mol. The Morgan fingerprint density at radius 3 is 0.885 bits per heavy atom. The SMILES string of the molecule is c1ccc2c(c1)oc1ccc(-c3ccc(-c4c5ccccc5c(-c5ccc(-c6ccc7oc8ccccc8c7c6)cc5)c5ccccc45)cc3)cc12. The molecule has 0 unspecified atom stereocenters. The third-order valence-electron chi connectivity index (χ3n) is 10.7. The van der Waals surface area contributed by atoms with Gasteiger partial charge in [-0.1, -0.05) is 146 Å². The fraction of sp³-hybridized carbons (Fsp3) is 0. The minimum atomic E-state index is 0.915. The predicted octanol–water partition coefficient (Wildman–Crippen LogP) is 14.5. The molecule has 242 valence electrons. The second kappa shape index (κ2) is 11.3. The summed E-state index contributed by atoms with van der Waals surface area (Å²) >= 11 is 0. The zero-order valence-corrected chi connectivity index (χ0v) is 28.1. The number of furan rings is 2. The van der Waals surface area contributed by atoms with Crippen LogP contribution in [0, 0.1) is 0 Å². The van der Waals surface area contributed by atoms with E-state index in [0.717, 1.165) is 43.9 Å². The lowest BCUT2D eigenvalue weighted by Gasteiger charge is -2.18. The third-order valence-corrected chi connectivity index (χ3v) is 10.7. The minimum Gasteiger partial charge on any atom is -0.456 e. The molecule has 0 spiro atoms. The van der Waals surface area contributed by atoms with Crippen LogP contribution in [-0.2, 0) is 0 Å². The van der Waals surface area contributed by atoms with Crippen LogP contribution < -0.4 is 0 Å². The van der Waals surface area contributed by atoms with E-state index in [4.69, 9.17) is 8.83 Å². The average Bonchev–Trinajstić information content (AvgIpc) is 3.78. The maximum Gasteiger partial charge on any atom is 0.135 e. The zero-order chi connectivity index (χ0) is 34.2. The van der Waals surface area contributed by atoms with Gasteiger partial charge in [-0.3, -0.25) is 0 Å². The van der Waals surface area contributed by atoms with Crippen molar-refractivity contribution in [2.45, 2.75) is 0 Å². The number of fused-ring (bicyclic) bond motifs is 8. The maximum absolute atomic E-state index is 6.09. The molecule has 0 N–H and O–H groups in total. The third kappa shape index (κ3) is 4.44. The van der Waals surface area contributed by atoms with E-state index >= 15 is 0 Å². The second-order valence-corrected chi connectivity index (χ2v) is 13.6. The molecule has 0 fully saturated rings. The molecule has 11 rings (SSSR count). The quantitative estimate of drug-likeness (QED) is 0.175. The van der Waals surface area contributed by atoms with Crippen molar-refractivity contribution in [3.63, 3.8) is 0 Å². The molecular formula is C50H30O2. The van der Waals surface area contributed by atoms with E-state index in [2.05, 4.69) is 158 Å². The van der Waals surface area contributed by atoms with Crippen LogP contribution in [0.4, 0.5) is 0 Å². The monoisotopic (exact) mass is 662 g/mol. The largest absolute Gasteiger partial charge is 0.456 e. The standard InChI is InChI=1S/C50H30O2/c1-2-12-40-39(11-1)49(33-21-17-31(18-22-33)35-25-27-47-43(29-35)37-9-5-7-15-45(37)51-47)41-13-3-4-14-42(41)50(40)34-23-19-32(20-24-34)36-26-28-48-44(30-36)38-10-6-8-16-46(38)52-48/h1-30H. The van der Waals surface area contributed by atoms with E-state index < -0.39 is 0 Å². The van der Waals surface area contributed by atoms with Gasteiger partial charge < -0.3 is 8.83 Å². The number of rotatable bonds is 4. The normalized spacial score (nSPS) is 11.8. The summed E-state index contributed by atoms with van der Waals surface area (Å²) in [6, 6.07) is 65.3. The molecule has 2 aromatic heterocycles. The van der Waals surface area contributed by atoms with E-state index in [1.807, 2.05) is 24.3 Å². The molecule has 9 aromatic carbocycles. The maximum atomic E-state index is 6.09. The van der Waals surface area contributed by atoms with Crippen molar-refractivity contribution >= 4 is 65.4 Å². The van der Waals surface area contributed by atoms with Gasteiger partial charge in [-0.05, 0) is 102 Å². The van der Waals surface area contributed by atoms with E-state index in [1.54, 1.807) is 0 Å². The van der Waals surface area contributed by atoms with Crippen molar-refractivity contribution in [3.05, 3.63) is 182 Å². The van der Waals surface area contributed by atoms with Gasteiger partial charge in [0.1, 0.15) is 22.3 Å². The Kier molecular flexibility index (Phi) is 6.28. The zero-order valence-electron chi connectivity index (χ0n) is 28.1. The molecule has 2 heterocycles. The Balaban J connectivity index is 1.01. The van der Waals surface area contributed by atoms with Crippen molar-refractivity contribution in [2.75, 3.05) is 0 Å². The summed E-state index contributed by atoms with van der Waals surface area (Å²) in [7, 11) is 0. The molecule has 11 aromatic rings. The van der Waals surface area contributed by atoms with E-state index in [0.29, 0.717) is 0 Å². The van der Waals surface area contributed by atoms with Crippen LogP contribution in [0.25, 0.3) is 110 Å². The van der Waals surface area contributed by atoms with Crippen LogP contribution in [0.5, 0.6) is 0 Å². The van der Waals surface area contributed by atoms with Gasteiger partial charge in [0.25, 0.3) is 0 Å². The summed E-state index contributed by atoms with van der Waals surface area (Å²) in [4.78, 5) is 0. The molecule has 0 amide bonds. The van der Waals surface area contributed by atoms with Crippen LogP contribution in [0.15, 0.2) is 191 Å². The van der Waals surface area contributed by atoms with Crippen molar-refractivity contribution in [2.24, 2.45) is 0 Å². The minimum absolute atomic E-state index is 0.915. The second-order valence-electron chi connectivity index (χ2n) is 13.6. The molecule has 2 nitrogen and oxygen atoms in total. The molecule has 52 heavy (non-hydrogen) atoms. The first-order valence-electron chi connectivity index (χ1n) is 17.7. The van der Waals surface area contributed by atoms with Gasteiger partial charge in [0, 0.05) is 21.5 Å². The number of para-hydroxylation sites is 2. The highest BCUT2D eigenvalue weighted by molar-refractivity contribution is 6.21. The van der Waals surface area contributed by atoms with Gasteiger partial charge in [-0.25, -0.2) is 0 Å². The van der Waals surface area contributed by atoms with E-state index in [-0.39, 0.29) is 0 Å². The molecule has 0 bridgehead atoms. The predicted molar refractivity (Wildman–Crippen MR) is 218 cm³/mol. The van der Waals surface area contributed by atoms with Gasteiger partial charge in [0.2, 0.25) is 0 Å². The number of hydrogen-bond donors (Lipinski definition) is 0. The molecule has 0 aliphatic heterocycles. The molecule has 0 aliphatic rings. The van der Waals surface area contributed by atoms with Gasteiger partial charge >= 0.3 is 0 Å². The summed E-state index contributed by atoms with van der Waals surface area (Å²) in [5.74, 6) is 0. The summed E-state index contributed by atoms with van der Waals surface area (Å²) in [6.45, 7) is 0. The molecule has 0 aliphatic carbocycles. The lowest BCUT2D eigenvalue weighted by Crippen LogP contribution is -1.91. The van der Waals surface area contributed by atoms with E-state index in [1.165, 1.54) is 66.1 Å². The lowest BCUT2D eigenvalue weighted by atomic mass is 9.85. The Morgan fingerprint density at radius 1 is 0.212 bits per heavy atom. The lowest BCUT2D eigenvalue weighted by molar-refractivity contribution is 0.668. The first-order chi connectivity index (χ1) is 25.8. The molecule has 2 heteroatoms. The summed E-state index contributed by atoms with van der Waals surface area (Å²) in [5.41, 5.74) is 13.3.